The number of aromatic nitrogens is 5. The molecule has 0 aliphatic heterocycles. The Bertz CT molecular complexity index is 3150. The number of hydrogen-bond donors (Lipinski definition) is 0. The smallest absolute Gasteiger partial charge is 0.245 e. The van der Waals surface area contributed by atoms with E-state index in [0.717, 1.165) is 38.4 Å². The van der Waals surface area contributed by atoms with Crippen LogP contribution in [-0.4, -0.2) is 75.1 Å². The summed E-state index contributed by atoms with van der Waals surface area (Å²) in [6, 6.07) is 37.4. The van der Waals surface area contributed by atoms with Crippen molar-refractivity contribution in [3.63, 3.8) is 0 Å². The highest BCUT2D eigenvalue weighted by molar-refractivity contribution is 7.89. The quantitative estimate of drug-likeness (QED) is 0.0707. The van der Waals surface area contributed by atoms with E-state index in [9.17, 15) is 26.4 Å². The maximum atomic E-state index is 13.5. The van der Waals surface area contributed by atoms with Crippen molar-refractivity contribution in [3.8, 4) is 33.5 Å². The number of carbonyl (C=O) groups is 2. The van der Waals surface area contributed by atoms with Gasteiger partial charge in [-0.2, -0.15) is 8.61 Å². The molecule has 8 rings (SSSR count). The molecule has 0 aliphatic rings. The van der Waals surface area contributed by atoms with Crippen LogP contribution in [0.25, 0.3) is 22.0 Å². The molecular weight excluding hydrogens is 935 g/mol. The highest BCUT2D eigenvalue weighted by atomic mass is 32.2. The molecule has 0 saturated heterocycles. The minimum Gasteiger partial charge on any atom is -0.486 e. The van der Waals surface area contributed by atoms with Crippen LogP contribution in [0.5, 0.6) is 11.5 Å². The third kappa shape index (κ3) is 14.1. The van der Waals surface area contributed by atoms with Gasteiger partial charge in [0.15, 0.2) is 17.4 Å². The van der Waals surface area contributed by atoms with Crippen LogP contribution in [0.2, 0.25) is 0 Å². The number of benzene rings is 4. The molecule has 0 atom stereocenters. The molecular formula is C51H47N7O8S3. The monoisotopic (exact) mass is 981 g/mol. The fourth-order valence-electron chi connectivity index (χ4n) is 6.73. The van der Waals surface area contributed by atoms with Crippen LogP contribution in [-0.2, 0) is 55.8 Å². The Labute approximate surface area is 405 Å². The van der Waals surface area contributed by atoms with Gasteiger partial charge in [0.25, 0.3) is 0 Å². The first kappa shape index (κ1) is 49.6. The van der Waals surface area contributed by atoms with Crippen LogP contribution in [0.3, 0.4) is 0 Å². The number of ether oxygens (including phenoxy) is 2. The minimum atomic E-state index is -3.85. The van der Waals surface area contributed by atoms with E-state index in [2.05, 4.69) is 24.9 Å². The van der Waals surface area contributed by atoms with Crippen molar-refractivity contribution < 1.29 is 35.9 Å². The molecule has 69 heavy (non-hydrogen) atoms. The lowest BCUT2D eigenvalue weighted by Gasteiger charge is -2.23. The second-order valence-corrected chi connectivity index (χ2v) is 20.3. The van der Waals surface area contributed by atoms with Crippen molar-refractivity contribution in [3.05, 3.63) is 198 Å². The van der Waals surface area contributed by atoms with E-state index in [1.54, 1.807) is 84.5 Å². The number of carbonyl (C=O) groups excluding carboxylic acids is 2. The summed E-state index contributed by atoms with van der Waals surface area (Å²) in [5, 5.41) is 2.83. The highest BCUT2D eigenvalue weighted by Gasteiger charge is 2.27. The number of Topliss-reactive ketones (excluding diaryl/α,β-unsaturated/α-hetero) is 2. The first-order valence-corrected chi connectivity index (χ1v) is 25.2. The van der Waals surface area contributed by atoms with Gasteiger partial charge in [-0.3, -0.25) is 19.6 Å². The zero-order chi connectivity index (χ0) is 48.6. The van der Waals surface area contributed by atoms with E-state index >= 15 is 0 Å². The number of pyridine rings is 2. The Morgan fingerprint density at radius 3 is 1.39 bits per heavy atom. The zero-order valence-corrected chi connectivity index (χ0v) is 40.1. The number of hydrogen-bond acceptors (Lipinski definition) is 14. The molecule has 0 unspecified atom stereocenters. The second-order valence-electron chi connectivity index (χ2n) is 15.5. The molecule has 0 spiro atoms. The number of thiazole rings is 1. The van der Waals surface area contributed by atoms with Crippen molar-refractivity contribution in [2.45, 2.75) is 49.8 Å². The summed E-state index contributed by atoms with van der Waals surface area (Å²) in [4.78, 5) is 43.5. The number of nitrogens with zero attached hydrogens (tertiary/aromatic N) is 7. The van der Waals surface area contributed by atoms with Crippen molar-refractivity contribution in [1.82, 2.24) is 33.5 Å². The number of sulfonamides is 2. The molecule has 0 radical (unpaired) electrons. The topological polar surface area (TPSA) is 192 Å². The van der Waals surface area contributed by atoms with Crippen LogP contribution in [0.1, 0.15) is 36.1 Å². The SMILES string of the molecule is CC(=O)COc1cccc(CN(Cc2ccc(-c3ncccn3)cc2)S(=O)(=O)c2cccnc2)c1.CC(=O)COc1cccc(CN(Cc2ccc(-c3nccs3)cc2)S(=O)(=O)c2cccnc2)c1. The van der Waals surface area contributed by atoms with Gasteiger partial charge < -0.3 is 9.47 Å². The Kier molecular flexibility index (Phi) is 16.9. The molecule has 0 amide bonds. The minimum absolute atomic E-state index is 0.0351. The summed E-state index contributed by atoms with van der Waals surface area (Å²) in [7, 11) is -7.67. The molecule has 0 fully saturated rings. The molecule has 4 aromatic heterocycles. The average Bonchev–Trinajstić information content (AvgIpc) is 3.92. The highest BCUT2D eigenvalue weighted by Crippen LogP contribution is 2.27. The standard InChI is InChI=1S/C26H24N4O4S.C25H23N3O4S2/c1-20(31)19-34-24-6-2-5-22(15-24)18-30(35(32,33)25-7-3-12-27-16-25)17-21-8-10-23(11-9-21)26-28-13-4-14-29-26;1-19(29)18-32-23-5-2-4-21(14-23)17-28(34(30,31)24-6-3-11-26-15-24)16-20-7-9-22(10-8-20)25-27-12-13-33-25/h2-16H,17-19H2,1H3;2-15H,16-18H2,1H3. The van der Waals surface area contributed by atoms with Crippen LogP contribution in [0.4, 0.5) is 0 Å². The van der Waals surface area contributed by atoms with Crippen molar-refractivity contribution in [1.29, 1.82) is 0 Å². The molecule has 0 saturated carbocycles. The van der Waals surface area contributed by atoms with Gasteiger partial charge in [0, 0.05) is 86.1 Å². The lowest BCUT2D eigenvalue weighted by atomic mass is 10.1. The van der Waals surface area contributed by atoms with Crippen molar-refractivity contribution in [2.75, 3.05) is 13.2 Å². The van der Waals surface area contributed by atoms with Gasteiger partial charge in [-0.15, -0.1) is 11.3 Å². The average molecular weight is 982 g/mol. The first-order valence-electron chi connectivity index (χ1n) is 21.4. The van der Waals surface area contributed by atoms with Gasteiger partial charge in [-0.25, -0.2) is 31.8 Å². The Morgan fingerprint density at radius 2 is 0.971 bits per heavy atom. The van der Waals surface area contributed by atoms with Crippen LogP contribution in [0, 0.1) is 0 Å². The van der Waals surface area contributed by atoms with Gasteiger partial charge in [-0.1, -0.05) is 72.8 Å². The van der Waals surface area contributed by atoms with Gasteiger partial charge in [-0.05, 0) is 90.7 Å². The predicted octanol–water partition coefficient (Wildman–Crippen LogP) is 8.46. The lowest BCUT2D eigenvalue weighted by Crippen LogP contribution is -2.30. The summed E-state index contributed by atoms with van der Waals surface area (Å²) in [5.74, 6) is 1.43. The molecule has 0 aliphatic carbocycles. The zero-order valence-electron chi connectivity index (χ0n) is 37.6. The Hall–Kier alpha value is -7.35. The molecule has 18 heteroatoms. The second kappa shape index (κ2) is 23.6. The third-order valence-corrected chi connectivity index (χ3v) is 14.4. The Morgan fingerprint density at radius 1 is 0.507 bits per heavy atom. The first-order chi connectivity index (χ1) is 33.3. The molecule has 4 heterocycles. The van der Waals surface area contributed by atoms with E-state index in [-0.39, 0.29) is 60.8 Å². The third-order valence-electron chi connectivity index (χ3n) is 10.1. The fraction of sp³-hybridized carbons (Fsp3) is 0.157. The summed E-state index contributed by atoms with van der Waals surface area (Å²) in [6.07, 6.45) is 10.9. The number of ketones is 2. The summed E-state index contributed by atoms with van der Waals surface area (Å²) in [6.45, 7) is 3.37. The van der Waals surface area contributed by atoms with E-state index in [4.69, 9.17) is 9.47 Å². The van der Waals surface area contributed by atoms with E-state index in [0.29, 0.717) is 17.3 Å². The predicted molar refractivity (Wildman–Crippen MR) is 262 cm³/mol. The molecule has 0 bridgehead atoms. The molecule has 0 N–H and O–H groups in total. The fourth-order valence-corrected chi connectivity index (χ4v) is 10.1. The van der Waals surface area contributed by atoms with Gasteiger partial charge in [0.05, 0.1) is 0 Å². The van der Waals surface area contributed by atoms with E-state index < -0.39 is 20.0 Å². The molecule has 4 aromatic carbocycles. The van der Waals surface area contributed by atoms with E-state index in [1.807, 2.05) is 66.0 Å². The summed E-state index contributed by atoms with van der Waals surface area (Å²) < 4.78 is 67.8. The Balaban J connectivity index is 0.000000204. The summed E-state index contributed by atoms with van der Waals surface area (Å²) in [5.41, 5.74) is 4.95. The van der Waals surface area contributed by atoms with Crippen LogP contribution < -0.4 is 9.47 Å². The number of rotatable bonds is 20. The molecule has 15 nitrogen and oxygen atoms in total. The normalized spacial score (nSPS) is 11.4. The van der Waals surface area contributed by atoms with Gasteiger partial charge in [0.2, 0.25) is 20.0 Å². The van der Waals surface area contributed by atoms with Gasteiger partial charge in [0.1, 0.15) is 39.5 Å². The van der Waals surface area contributed by atoms with Crippen molar-refractivity contribution in [2.24, 2.45) is 0 Å². The van der Waals surface area contributed by atoms with Crippen molar-refractivity contribution >= 4 is 42.9 Å². The van der Waals surface area contributed by atoms with E-state index in [1.165, 1.54) is 59.4 Å². The lowest BCUT2D eigenvalue weighted by molar-refractivity contribution is -0.119. The van der Waals surface area contributed by atoms with Gasteiger partial charge >= 0.3 is 0 Å². The summed E-state index contributed by atoms with van der Waals surface area (Å²) >= 11 is 1.55. The maximum Gasteiger partial charge on any atom is 0.245 e. The maximum absolute atomic E-state index is 13.5. The van der Waals surface area contributed by atoms with Crippen LogP contribution >= 0.6 is 11.3 Å². The molecule has 8 aromatic rings. The van der Waals surface area contributed by atoms with Crippen LogP contribution in [0.15, 0.2) is 186 Å². The largest absolute Gasteiger partial charge is 0.486 e. The molecule has 352 valence electrons.